The predicted octanol–water partition coefficient (Wildman–Crippen LogP) is 3.68. The zero-order valence-electron chi connectivity index (χ0n) is 11.7. The molecule has 0 amide bonds. The van der Waals surface area contributed by atoms with Crippen LogP contribution >= 0.6 is 0 Å². The molecule has 0 radical (unpaired) electrons. The van der Waals surface area contributed by atoms with Gasteiger partial charge < -0.3 is 4.74 Å². The average Bonchev–Trinajstić information content (AvgIpc) is 2.63. The van der Waals surface area contributed by atoms with Crippen LogP contribution in [0.5, 0.6) is 5.75 Å². The van der Waals surface area contributed by atoms with Crippen LogP contribution in [-0.4, -0.2) is 15.9 Å². The van der Waals surface area contributed by atoms with Gasteiger partial charge in [0.1, 0.15) is 17.3 Å². The van der Waals surface area contributed by atoms with Gasteiger partial charge >= 0.3 is 6.36 Å². The number of hydrogen-bond donors (Lipinski definition) is 0. The highest BCUT2D eigenvalue weighted by Gasteiger charge is 2.31. The number of benzene rings is 1. The molecule has 1 aromatic heterocycles. The van der Waals surface area contributed by atoms with Crippen LogP contribution in [0.4, 0.5) is 13.2 Å². The Labute approximate surface area is 120 Å². The number of aryl methyl sites for hydroxylation is 2. The molecule has 0 aliphatic rings. The van der Waals surface area contributed by atoms with E-state index in [0.29, 0.717) is 22.8 Å². The Morgan fingerprint density at radius 2 is 1.90 bits per heavy atom. The molecular formula is C15H13F3N2O. The summed E-state index contributed by atoms with van der Waals surface area (Å²) < 4.78 is 42.4. The second-order valence-corrected chi connectivity index (χ2v) is 4.57. The van der Waals surface area contributed by atoms with E-state index >= 15 is 0 Å². The number of terminal acetylenes is 1. The van der Waals surface area contributed by atoms with Crippen molar-refractivity contribution in [3.8, 4) is 23.8 Å². The highest BCUT2D eigenvalue weighted by molar-refractivity contribution is 5.49. The summed E-state index contributed by atoms with van der Waals surface area (Å²) in [5.74, 6) is 2.90. The lowest BCUT2D eigenvalue weighted by molar-refractivity contribution is -0.274. The molecule has 0 N–H and O–H groups in total. The van der Waals surface area contributed by atoms with E-state index in [2.05, 4.69) is 15.6 Å². The Hall–Kier alpha value is -2.42. The van der Waals surface area contributed by atoms with E-state index in [1.165, 1.54) is 12.1 Å². The lowest BCUT2D eigenvalue weighted by Crippen LogP contribution is -2.17. The Kier molecular flexibility index (Phi) is 3.69. The number of alkyl halides is 3. The molecule has 6 heteroatoms. The molecule has 0 fully saturated rings. The number of rotatable bonds is 2. The summed E-state index contributed by atoms with van der Waals surface area (Å²) in [4.78, 5) is 4.24. The fourth-order valence-electron chi connectivity index (χ4n) is 2.21. The lowest BCUT2D eigenvalue weighted by Gasteiger charge is -2.14. The van der Waals surface area contributed by atoms with Crippen molar-refractivity contribution in [2.24, 2.45) is 0 Å². The standard InChI is InChI=1S/C15H13F3N2O/c1-5-13-10(3)20(11(4)19-13)14-7-6-12(8-9(14)2)21-15(16,17)18/h1,6-8H,2-4H3. The molecule has 0 aliphatic carbocycles. The average molecular weight is 294 g/mol. The molecule has 0 bridgehead atoms. The first-order chi connectivity index (χ1) is 9.73. The van der Waals surface area contributed by atoms with Crippen molar-refractivity contribution in [2.45, 2.75) is 27.1 Å². The second kappa shape index (κ2) is 5.17. The van der Waals surface area contributed by atoms with Crippen molar-refractivity contribution in [1.29, 1.82) is 0 Å². The minimum absolute atomic E-state index is 0.253. The first-order valence-corrected chi connectivity index (χ1v) is 6.12. The molecule has 1 heterocycles. The van der Waals surface area contributed by atoms with E-state index in [-0.39, 0.29) is 5.75 Å². The molecule has 110 valence electrons. The van der Waals surface area contributed by atoms with Gasteiger partial charge in [0.25, 0.3) is 0 Å². The quantitative estimate of drug-likeness (QED) is 0.790. The van der Waals surface area contributed by atoms with Gasteiger partial charge in [-0.05, 0) is 50.5 Å². The SMILES string of the molecule is C#Cc1nc(C)n(-c2ccc(OC(F)(F)F)cc2C)c1C. The minimum atomic E-state index is -4.70. The van der Waals surface area contributed by atoms with Gasteiger partial charge in [0.2, 0.25) is 0 Å². The van der Waals surface area contributed by atoms with E-state index in [1.807, 2.05) is 11.5 Å². The summed E-state index contributed by atoms with van der Waals surface area (Å²) in [6.45, 7) is 5.30. The van der Waals surface area contributed by atoms with Gasteiger partial charge in [-0.25, -0.2) is 4.98 Å². The molecule has 2 rings (SSSR count). The second-order valence-electron chi connectivity index (χ2n) is 4.57. The van der Waals surface area contributed by atoms with Crippen LogP contribution in [0, 0.1) is 33.1 Å². The summed E-state index contributed by atoms with van der Waals surface area (Å²) in [6.07, 6.45) is 0.669. The third kappa shape index (κ3) is 3.02. The largest absolute Gasteiger partial charge is 0.573 e. The zero-order valence-corrected chi connectivity index (χ0v) is 11.7. The van der Waals surface area contributed by atoms with Gasteiger partial charge in [-0.15, -0.1) is 19.6 Å². The maximum absolute atomic E-state index is 12.2. The van der Waals surface area contributed by atoms with Crippen molar-refractivity contribution in [3.63, 3.8) is 0 Å². The smallest absolute Gasteiger partial charge is 0.406 e. The van der Waals surface area contributed by atoms with E-state index < -0.39 is 6.36 Å². The molecule has 0 spiro atoms. The van der Waals surface area contributed by atoms with Gasteiger partial charge in [-0.1, -0.05) is 0 Å². The fourth-order valence-corrected chi connectivity index (χ4v) is 2.21. The van der Waals surface area contributed by atoms with Gasteiger partial charge in [-0.3, -0.25) is 4.57 Å². The van der Waals surface area contributed by atoms with Crippen LogP contribution in [0.3, 0.4) is 0 Å². The number of imidazole rings is 1. The maximum Gasteiger partial charge on any atom is 0.573 e. The van der Waals surface area contributed by atoms with Gasteiger partial charge in [0.05, 0.1) is 11.4 Å². The molecule has 0 saturated heterocycles. The summed E-state index contributed by atoms with van der Waals surface area (Å²) >= 11 is 0. The molecule has 3 nitrogen and oxygen atoms in total. The third-order valence-electron chi connectivity index (χ3n) is 3.05. The van der Waals surface area contributed by atoms with Crippen LogP contribution in [0.1, 0.15) is 22.8 Å². The zero-order chi connectivity index (χ0) is 15.8. The molecule has 21 heavy (non-hydrogen) atoms. The summed E-state index contributed by atoms with van der Waals surface area (Å²) in [5, 5.41) is 0. The summed E-state index contributed by atoms with van der Waals surface area (Å²) in [7, 11) is 0. The maximum atomic E-state index is 12.2. The molecule has 0 aliphatic heterocycles. The normalized spacial score (nSPS) is 11.3. The van der Waals surface area contributed by atoms with Crippen LogP contribution < -0.4 is 4.74 Å². The van der Waals surface area contributed by atoms with Crippen LogP contribution in [0.15, 0.2) is 18.2 Å². The Morgan fingerprint density at radius 3 is 2.38 bits per heavy atom. The number of ether oxygens (including phenoxy) is 1. The van der Waals surface area contributed by atoms with Crippen LogP contribution in [0.25, 0.3) is 5.69 Å². The molecule has 2 aromatic rings. The number of hydrogen-bond acceptors (Lipinski definition) is 2. The predicted molar refractivity (Wildman–Crippen MR) is 72.4 cm³/mol. The Bertz CT molecular complexity index is 724. The van der Waals surface area contributed by atoms with E-state index in [9.17, 15) is 13.2 Å². The monoisotopic (exact) mass is 294 g/mol. The van der Waals surface area contributed by atoms with Crippen molar-refractivity contribution in [3.05, 3.63) is 41.0 Å². The van der Waals surface area contributed by atoms with Crippen LogP contribution in [0.2, 0.25) is 0 Å². The minimum Gasteiger partial charge on any atom is -0.406 e. The Balaban J connectivity index is 2.48. The van der Waals surface area contributed by atoms with E-state index in [1.54, 1.807) is 19.9 Å². The molecule has 0 atom stereocenters. The van der Waals surface area contributed by atoms with E-state index in [0.717, 1.165) is 5.69 Å². The number of nitrogens with zero attached hydrogens (tertiary/aromatic N) is 2. The third-order valence-corrected chi connectivity index (χ3v) is 3.05. The van der Waals surface area contributed by atoms with Crippen molar-refractivity contribution >= 4 is 0 Å². The first kappa shape index (κ1) is 15.0. The summed E-state index contributed by atoms with van der Waals surface area (Å²) in [6, 6.07) is 4.15. The molecule has 1 aromatic carbocycles. The molecule has 0 unspecified atom stereocenters. The van der Waals surface area contributed by atoms with Crippen molar-refractivity contribution < 1.29 is 17.9 Å². The Morgan fingerprint density at radius 1 is 1.24 bits per heavy atom. The fraction of sp³-hybridized carbons (Fsp3) is 0.267. The van der Waals surface area contributed by atoms with Gasteiger partial charge in [0.15, 0.2) is 0 Å². The highest BCUT2D eigenvalue weighted by Crippen LogP contribution is 2.27. The van der Waals surface area contributed by atoms with Gasteiger partial charge in [-0.2, -0.15) is 0 Å². The van der Waals surface area contributed by atoms with E-state index in [4.69, 9.17) is 6.42 Å². The number of halogens is 3. The molecule has 0 saturated carbocycles. The van der Waals surface area contributed by atoms with Crippen LogP contribution in [-0.2, 0) is 0 Å². The molecular weight excluding hydrogens is 281 g/mol. The summed E-state index contributed by atoms with van der Waals surface area (Å²) in [5.41, 5.74) is 2.63. The highest BCUT2D eigenvalue weighted by atomic mass is 19.4. The van der Waals surface area contributed by atoms with Crippen molar-refractivity contribution in [1.82, 2.24) is 9.55 Å². The van der Waals surface area contributed by atoms with Gasteiger partial charge in [0, 0.05) is 0 Å². The number of aromatic nitrogens is 2. The topological polar surface area (TPSA) is 27.1 Å². The lowest BCUT2D eigenvalue weighted by atomic mass is 10.1. The first-order valence-electron chi connectivity index (χ1n) is 6.12. The van der Waals surface area contributed by atoms with Crippen molar-refractivity contribution in [2.75, 3.05) is 0 Å².